The highest BCUT2D eigenvalue weighted by atomic mass is 32.2. The predicted octanol–water partition coefficient (Wildman–Crippen LogP) is 5.97. The topological polar surface area (TPSA) is 39.9 Å². The molecule has 0 saturated heterocycles. The number of nitrogens with zero attached hydrogens (tertiary/aromatic N) is 3. The summed E-state index contributed by atoms with van der Waals surface area (Å²) in [5, 5.41) is 9.00. The molecule has 2 aromatic carbocycles. The Morgan fingerprint density at radius 1 is 1.13 bits per heavy atom. The predicted molar refractivity (Wildman–Crippen MR) is 111 cm³/mol. The van der Waals surface area contributed by atoms with E-state index in [4.69, 9.17) is 4.74 Å². The van der Waals surface area contributed by atoms with Gasteiger partial charge in [0.15, 0.2) is 11.0 Å². The number of thioether (sulfide) groups is 1. The normalized spacial score (nSPS) is 11.5. The zero-order chi connectivity index (χ0) is 21.7. The first-order valence-electron chi connectivity index (χ1n) is 9.30. The van der Waals surface area contributed by atoms with Crippen molar-refractivity contribution in [3.63, 3.8) is 0 Å². The standard InChI is InChI=1S/C22H22F3N3OS/c1-4-10-28-20(13-29-19-9-8-15(2)11-16(19)3)26-27-21(28)30-14-17-6-5-7-18(12-17)22(23,24)25/h4-9,11-12H,1,10,13-14H2,2-3H3. The van der Waals surface area contributed by atoms with Crippen LogP contribution in [0.3, 0.4) is 0 Å². The van der Waals surface area contributed by atoms with Gasteiger partial charge in [-0.05, 0) is 37.1 Å². The summed E-state index contributed by atoms with van der Waals surface area (Å²) in [7, 11) is 0. The Hall–Kier alpha value is -2.74. The number of alkyl halides is 3. The number of hydrogen-bond donors (Lipinski definition) is 0. The highest BCUT2D eigenvalue weighted by Crippen LogP contribution is 2.31. The minimum atomic E-state index is -4.36. The second-order valence-corrected chi connectivity index (χ2v) is 7.79. The molecule has 0 N–H and O–H groups in total. The Labute approximate surface area is 177 Å². The number of allylic oxidation sites excluding steroid dienone is 1. The monoisotopic (exact) mass is 433 g/mol. The second-order valence-electron chi connectivity index (χ2n) is 6.84. The molecule has 1 heterocycles. The molecule has 0 spiro atoms. The second kappa shape index (κ2) is 9.38. The van der Waals surface area contributed by atoms with Gasteiger partial charge in [0.05, 0.1) is 5.56 Å². The Balaban J connectivity index is 1.72. The van der Waals surface area contributed by atoms with Crippen molar-refractivity contribution in [1.82, 2.24) is 14.8 Å². The van der Waals surface area contributed by atoms with Gasteiger partial charge in [-0.2, -0.15) is 13.2 Å². The van der Waals surface area contributed by atoms with Gasteiger partial charge in [-0.25, -0.2) is 0 Å². The van der Waals surface area contributed by atoms with Crippen LogP contribution < -0.4 is 4.74 Å². The highest BCUT2D eigenvalue weighted by Gasteiger charge is 2.30. The van der Waals surface area contributed by atoms with E-state index in [1.54, 1.807) is 12.1 Å². The third-order valence-corrected chi connectivity index (χ3v) is 5.45. The lowest BCUT2D eigenvalue weighted by Gasteiger charge is -2.11. The molecular weight excluding hydrogens is 411 g/mol. The third kappa shape index (κ3) is 5.44. The summed E-state index contributed by atoms with van der Waals surface area (Å²) in [6.07, 6.45) is -2.64. The van der Waals surface area contributed by atoms with Gasteiger partial charge in [0.2, 0.25) is 0 Å². The summed E-state index contributed by atoms with van der Waals surface area (Å²) in [5.74, 6) is 1.74. The molecule has 1 aromatic heterocycles. The molecule has 0 bridgehead atoms. The lowest BCUT2D eigenvalue weighted by atomic mass is 10.1. The molecule has 0 fully saturated rings. The summed E-state index contributed by atoms with van der Waals surface area (Å²) in [6.45, 7) is 8.47. The maximum atomic E-state index is 12.9. The fourth-order valence-corrected chi connectivity index (χ4v) is 3.84. The number of ether oxygens (including phenoxy) is 1. The largest absolute Gasteiger partial charge is 0.485 e. The fraction of sp³-hybridized carbons (Fsp3) is 0.273. The van der Waals surface area contributed by atoms with E-state index in [-0.39, 0.29) is 6.61 Å². The smallest absolute Gasteiger partial charge is 0.416 e. The molecule has 4 nitrogen and oxygen atoms in total. The molecule has 0 saturated carbocycles. The van der Waals surface area contributed by atoms with Crippen LogP contribution in [0.1, 0.15) is 28.1 Å². The maximum absolute atomic E-state index is 12.9. The first-order valence-corrected chi connectivity index (χ1v) is 10.3. The Morgan fingerprint density at radius 2 is 1.93 bits per heavy atom. The van der Waals surface area contributed by atoms with Crippen LogP contribution in [0.15, 0.2) is 60.3 Å². The van der Waals surface area contributed by atoms with Gasteiger partial charge >= 0.3 is 6.18 Å². The molecular formula is C22H22F3N3OS. The zero-order valence-electron chi connectivity index (χ0n) is 16.7. The molecule has 3 rings (SSSR count). The van der Waals surface area contributed by atoms with Crippen molar-refractivity contribution >= 4 is 11.8 Å². The van der Waals surface area contributed by atoms with Gasteiger partial charge in [-0.1, -0.05) is 53.7 Å². The lowest BCUT2D eigenvalue weighted by Crippen LogP contribution is -2.08. The van der Waals surface area contributed by atoms with Crippen molar-refractivity contribution in [1.29, 1.82) is 0 Å². The number of rotatable bonds is 8. The van der Waals surface area contributed by atoms with Crippen molar-refractivity contribution in [3.05, 3.63) is 83.2 Å². The van der Waals surface area contributed by atoms with E-state index in [1.807, 2.05) is 36.6 Å². The van der Waals surface area contributed by atoms with E-state index in [1.165, 1.54) is 17.8 Å². The molecule has 0 radical (unpaired) electrons. The molecule has 158 valence electrons. The van der Waals surface area contributed by atoms with E-state index < -0.39 is 11.7 Å². The van der Waals surface area contributed by atoms with Crippen LogP contribution in [0.2, 0.25) is 0 Å². The van der Waals surface area contributed by atoms with Crippen molar-refractivity contribution in [3.8, 4) is 5.75 Å². The molecule has 0 unspecified atom stereocenters. The summed E-state index contributed by atoms with van der Waals surface area (Å²) >= 11 is 1.33. The van der Waals surface area contributed by atoms with Crippen molar-refractivity contribution in [2.75, 3.05) is 0 Å². The van der Waals surface area contributed by atoms with E-state index in [0.717, 1.165) is 29.0 Å². The van der Waals surface area contributed by atoms with Crippen LogP contribution >= 0.6 is 11.8 Å². The van der Waals surface area contributed by atoms with Crippen LogP contribution in [0.5, 0.6) is 5.75 Å². The zero-order valence-corrected chi connectivity index (χ0v) is 17.6. The van der Waals surface area contributed by atoms with E-state index >= 15 is 0 Å². The quantitative estimate of drug-likeness (QED) is 0.324. The Bertz CT molecular complexity index is 1030. The fourth-order valence-electron chi connectivity index (χ4n) is 2.93. The number of aryl methyl sites for hydroxylation is 2. The molecule has 0 aliphatic heterocycles. The SMILES string of the molecule is C=CCn1c(COc2ccc(C)cc2C)nnc1SCc1cccc(C(F)(F)F)c1. The van der Waals surface area contributed by atoms with Crippen LogP contribution in [0.25, 0.3) is 0 Å². The number of aromatic nitrogens is 3. The van der Waals surface area contributed by atoms with E-state index in [2.05, 4.69) is 16.8 Å². The summed E-state index contributed by atoms with van der Waals surface area (Å²) in [4.78, 5) is 0. The number of halogens is 3. The lowest BCUT2D eigenvalue weighted by molar-refractivity contribution is -0.137. The minimum absolute atomic E-state index is 0.231. The van der Waals surface area contributed by atoms with Crippen molar-refractivity contribution in [2.24, 2.45) is 0 Å². The van der Waals surface area contributed by atoms with Gasteiger partial charge in [0.1, 0.15) is 12.4 Å². The average molecular weight is 433 g/mol. The van der Waals surface area contributed by atoms with Crippen LogP contribution in [-0.4, -0.2) is 14.8 Å². The summed E-state index contributed by atoms with van der Waals surface area (Å²) in [5.41, 5.74) is 2.10. The number of benzene rings is 2. The van der Waals surface area contributed by atoms with Crippen LogP contribution in [0.4, 0.5) is 13.2 Å². The Morgan fingerprint density at radius 3 is 2.63 bits per heavy atom. The van der Waals surface area contributed by atoms with Crippen LogP contribution in [0, 0.1) is 13.8 Å². The molecule has 3 aromatic rings. The van der Waals surface area contributed by atoms with Gasteiger partial charge in [-0.15, -0.1) is 16.8 Å². The molecule has 0 aliphatic rings. The van der Waals surface area contributed by atoms with Gasteiger partial charge < -0.3 is 4.74 Å². The van der Waals surface area contributed by atoms with Crippen molar-refractivity contribution < 1.29 is 17.9 Å². The van der Waals surface area contributed by atoms with E-state index in [9.17, 15) is 13.2 Å². The summed E-state index contributed by atoms with van der Waals surface area (Å²) in [6, 6.07) is 11.2. The maximum Gasteiger partial charge on any atom is 0.416 e. The molecule has 30 heavy (non-hydrogen) atoms. The summed E-state index contributed by atoms with van der Waals surface area (Å²) < 4.78 is 46.5. The van der Waals surface area contributed by atoms with Crippen LogP contribution in [-0.2, 0) is 25.1 Å². The van der Waals surface area contributed by atoms with Gasteiger partial charge in [-0.3, -0.25) is 4.57 Å². The van der Waals surface area contributed by atoms with E-state index in [0.29, 0.717) is 28.8 Å². The molecule has 0 amide bonds. The molecule has 0 atom stereocenters. The molecule has 0 aliphatic carbocycles. The van der Waals surface area contributed by atoms with Gasteiger partial charge in [0.25, 0.3) is 0 Å². The van der Waals surface area contributed by atoms with Gasteiger partial charge in [0, 0.05) is 12.3 Å². The Kier molecular flexibility index (Phi) is 6.87. The minimum Gasteiger partial charge on any atom is -0.485 e. The highest BCUT2D eigenvalue weighted by molar-refractivity contribution is 7.98. The third-order valence-electron chi connectivity index (χ3n) is 4.41. The first kappa shape index (κ1) is 22.0. The molecule has 8 heteroatoms. The number of hydrogen-bond acceptors (Lipinski definition) is 4. The average Bonchev–Trinajstić information content (AvgIpc) is 3.07. The van der Waals surface area contributed by atoms with Crippen molar-refractivity contribution in [2.45, 2.75) is 44.1 Å². The first-order chi connectivity index (χ1) is 14.3.